The highest BCUT2D eigenvalue weighted by atomic mass is 32.2. The maximum absolute atomic E-state index is 12.6. The molecule has 0 aliphatic carbocycles. The van der Waals surface area contributed by atoms with Gasteiger partial charge >= 0.3 is 0 Å². The van der Waals surface area contributed by atoms with E-state index in [-0.39, 0.29) is 29.6 Å². The van der Waals surface area contributed by atoms with Gasteiger partial charge in [0.25, 0.3) is 0 Å². The molecule has 0 saturated carbocycles. The van der Waals surface area contributed by atoms with Gasteiger partial charge in [-0.2, -0.15) is 0 Å². The van der Waals surface area contributed by atoms with Crippen LogP contribution in [0.4, 0.5) is 5.69 Å². The smallest absolute Gasteiger partial charge is 0.240 e. The Hall–Kier alpha value is -2.91. The number of hydrogen-bond donors (Lipinski definition) is 1. The minimum Gasteiger partial charge on any atom is -0.486 e. The van der Waals surface area contributed by atoms with E-state index in [1.807, 2.05) is 0 Å². The van der Waals surface area contributed by atoms with Crippen molar-refractivity contribution >= 4 is 27.4 Å². The average molecular weight is 416 g/mol. The van der Waals surface area contributed by atoms with Crippen molar-refractivity contribution in [2.75, 3.05) is 24.7 Å². The summed E-state index contributed by atoms with van der Waals surface area (Å²) >= 11 is 0. The third kappa shape index (κ3) is 3.96. The molecule has 0 aromatic heterocycles. The lowest BCUT2D eigenvalue weighted by Gasteiger charge is -2.22. The molecular weight excluding hydrogens is 396 g/mol. The van der Waals surface area contributed by atoms with E-state index in [1.54, 1.807) is 18.2 Å². The predicted molar refractivity (Wildman–Crippen MR) is 105 cm³/mol. The summed E-state index contributed by atoms with van der Waals surface area (Å²) < 4.78 is 38.9. The van der Waals surface area contributed by atoms with E-state index < -0.39 is 16.1 Å². The molecule has 1 saturated heterocycles. The second-order valence-corrected chi connectivity index (χ2v) is 8.65. The minimum absolute atomic E-state index is 0.0488. The number of hydrogen-bond acceptors (Lipinski definition) is 6. The average Bonchev–Trinajstić information content (AvgIpc) is 3.07. The van der Waals surface area contributed by atoms with Gasteiger partial charge in [-0.05, 0) is 31.2 Å². The Labute approximate surface area is 168 Å². The summed E-state index contributed by atoms with van der Waals surface area (Å²) in [5, 5.41) is 0. The van der Waals surface area contributed by atoms with Crippen molar-refractivity contribution in [2.24, 2.45) is 0 Å². The topological polar surface area (TPSA) is 102 Å². The first-order chi connectivity index (χ1) is 13.8. The summed E-state index contributed by atoms with van der Waals surface area (Å²) in [5.41, 5.74) is 1.07. The SMILES string of the molecule is CC(=O)c1ccc(S(=O)(=O)N[C@H]2CC(=O)N(c3ccc4c(c3)OCCO4)C2)cc1. The number of fused-ring (bicyclic) bond motifs is 1. The number of Topliss-reactive ketones (excluding diaryl/α,β-unsaturated/α-hetero) is 1. The van der Waals surface area contributed by atoms with Crippen LogP contribution in [0.25, 0.3) is 0 Å². The number of carbonyl (C=O) groups excluding carboxylic acids is 2. The maximum atomic E-state index is 12.6. The van der Waals surface area contributed by atoms with Gasteiger partial charge in [0.05, 0.1) is 4.90 Å². The van der Waals surface area contributed by atoms with Gasteiger partial charge in [-0.1, -0.05) is 12.1 Å². The Bertz CT molecular complexity index is 1060. The summed E-state index contributed by atoms with van der Waals surface area (Å²) in [6.45, 7) is 2.54. The number of ether oxygens (including phenoxy) is 2. The zero-order valence-corrected chi connectivity index (χ0v) is 16.6. The lowest BCUT2D eigenvalue weighted by atomic mass is 10.2. The van der Waals surface area contributed by atoms with Crippen molar-refractivity contribution in [1.82, 2.24) is 4.72 Å². The van der Waals surface area contributed by atoms with Gasteiger partial charge < -0.3 is 14.4 Å². The highest BCUT2D eigenvalue weighted by Gasteiger charge is 2.34. The monoisotopic (exact) mass is 416 g/mol. The minimum atomic E-state index is -3.81. The summed E-state index contributed by atoms with van der Waals surface area (Å²) in [6, 6.07) is 10.4. The van der Waals surface area contributed by atoms with E-state index in [9.17, 15) is 18.0 Å². The zero-order valence-electron chi connectivity index (χ0n) is 15.8. The lowest BCUT2D eigenvalue weighted by molar-refractivity contribution is -0.117. The van der Waals surface area contributed by atoms with Crippen LogP contribution < -0.4 is 19.1 Å². The van der Waals surface area contributed by atoms with E-state index in [4.69, 9.17) is 9.47 Å². The van der Waals surface area contributed by atoms with Crippen molar-refractivity contribution in [1.29, 1.82) is 0 Å². The van der Waals surface area contributed by atoms with Crippen LogP contribution in [0, 0.1) is 0 Å². The molecule has 1 fully saturated rings. The summed E-state index contributed by atoms with van der Waals surface area (Å²) in [7, 11) is -3.81. The summed E-state index contributed by atoms with van der Waals surface area (Å²) in [4.78, 5) is 25.4. The van der Waals surface area contributed by atoms with Gasteiger partial charge in [-0.25, -0.2) is 13.1 Å². The van der Waals surface area contributed by atoms with Crippen molar-refractivity contribution in [3.05, 3.63) is 48.0 Å². The molecule has 0 radical (unpaired) electrons. The molecule has 1 amide bonds. The Morgan fingerprint density at radius 2 is 1.76 bits per heavy atom. The van der Waals surface area contributed by atoms with Gasteiger partial charge in [0.2, 0.25) is 15.9 Å². The molecule has 29 heavy (non-hydrogen) atoms. The van der Waals surface area contributed by atoms with E-state index in [1.165, 1.54) is 36.1 Å². The van der Waals surface area contributed by atoms with Crippen LogP contribution in [-0.2, 0) is 14.8 Å². The molecule has 152 valence electrons. The Kier molecular flexibility index (Phi) is 5.01. The quantitative estimate of drug-likeness (QED) is 0.745. The maximum Gasteiger partial charge on any atom is 0.240 e. The van der Waals surface area contributed by atoms with Crippen LogP contribution in [0.1, 0.15) is 23.7 Å². The molecule has 0 spiro atoms. The molecule has 2 aromatic rings. The van der Waals surface area contributed by atoms with Crippen LogP contribution in [0.3, 0.4) is 0 Å². The molecule has 1 atom stereocenters. The largest absolute Gasteiger partial charge is 0.486 e. The standard InChI is InChI=1S/C20H20N2O6S/c1-13(23)14-2-5-17(6-3-14)29(25,26)21-15-10-20(24)22(12-15)16-4-7-18-19(11-16)28-9-8-27-18/h2-7,11,15,21H,8-10,12H2,1H3/t15-/m0/s1. The summed E-state index contributed by atoms with van der Waals surface area (Å²) in [6.07, 6.45) is 0.0548. The first-order valence-corrected chi connectivity index (χ1v) is 10.7. The first kappa shape index (κ1) is 19.4. The van der Waals surface area contributed by atoms with Crippen molar-refractivity contribution < 1.29 is 27.5 Å². The molecule has 2 aromatic carbocycles. The van der Waals surface area contributed by atoms with Crippen molar-refractivity contribution in [3.8, 4) is 11.5 Å². The van der Waals surface area contributed by atoms with Crippen LogP contribution >= 0.6 is 0 Å². The van der Waals surface area contributed by atoms with Crippen LogP contribution in [-0.4, -0.2) is 45.9 Å². The number of sulfonamides is 1. The van der Waals surface area contributed by atoms with E-state index >= 15 is 0 Å². The fourth-order valence-corrected chi connectivity index (χ4v) is 4.62. The highest BCUT2D eigenvalue weighted by molar-refractivity contribution is 7.89. The van der Waals surface area contributed by atoms with E-state index in [0.29, 0.717) is 36.0 Å². The fourth-order valence-electron chi connectivity index (χ4n) is 3.39. The molecule has 4 rings (SSSR count). The number of nitrogens with one attached hydrogen (secondary N) is 1. The highest BCUT2D eigenvalue weighted by Crippen LogP contribution is 2.35. The number of rotatable bonds is 5. The number of amides is 1. The van der Waals surface area contributed by atoms with Crippen molar-refractivity contribution in [2.45, 2.75) is 24.3 Å². The second-order valence-electron chi connectivity index (χ2n) is 6.94. The van der Waals surface area contributed by atoms with Crippen LogP contribution in [0.15, 0.2) is 47.4 Å². The van der Waals surface area contributed by atoms with Gasteiger partial charge in [0.15, 0.2) is 17.3 Å². The molecule has 9 heteroatoms. The lowest BCUT2D eigenvalue weighted by Crippen LogP contribution is -2.37. The van der Waals surface area contributed by atoms with Gasteiger partial charge in [-0.3, -0.25) is 9.59 Å². The van der Waals surface area contributed by atoms with Crippen molar-refractivity contribution in [3.63, 3.8) is 0 Å². The fraction of sp³-hybridized carbons (Fsp3) is 0.300. The summed E-state index contributed by atoms with van der Waals surface area (Å²) in [5.74, 6) is 0.869. The van der Waals surface area contributed by atoms with E-state index in [0.717, 1.165) is 0 Å². The van der Waals surface area contributed by atoms with Crippen LogP contribution in [0.5, 0.6) is 11.5 Å². The second kappa shape index (κ2) is 7.49. The number of ketones is 1. The normalized spacial score (nSPS) is 18.7. The molecule has 2 aliphatic heterocycles. The molecule has 0 unspecified atom stereocenters. The van der Waals surface area contributed by atoms with Gasteiger partial charge in [-0.15, -0.1) is 0 Å². The molecule has 2 heterocycles. The van der Waals surface area contributed by atoms with Gasteiger partial charge in [0.1, 0.15) is 13.2 Å². The number of nitrogens with zero attached hydrogens (tertiary/aromatic N) is 1. The molecule has 8 nitrogen and oxygen atoms in total. The molecule has 0 bridgehead atoms. The third-order valence-electron chi connectivity index (χ3n) is 4.86. The molecule has 2 aliphatic rings. The number of benzene rings is 2. The molecular formula is C20H20N2O6S. The predicted octanol–water partition coefficient (Wildman–Crippen LogP) is 1.74. The Morgan fingerprint density at radius 3 is 2.45 bits per heavy atom. The van der Waals surface area contributed by atoms with Gasteiger partial charge in [0, 0.05) is 36.3 Å². The molecule has 1 N–H and O–H groups in total. The van der Waals surface area contributed by atoms with Crippen LogP contribution in [0.2, 0.25) is 0 Å². The Balaban J connectivity index is 1.48. The third-order valence-corrected chi connectivity index (χ3v) is 6.39. The zero-order chi connectivity index (χ0) is 20.6. The number of carbonyl (C=O) groups is 2. The number of anilines is 1. The Morgan fingerprint density at radius 1 is 1.07 bits per heavy atom. The first-order valence-electron chi connectivity index (χ1n) is 9.17. The van der Waals surface area contributed by atoms with E-state index in [2.05, 4.69) is 4.72 Å².